The fourth-order valence-corrected chi connectivity index (χ4v) is 5.15. The molecule has 0 bridgehead atoms. The Morgan fingerprint density at radius 1 is 1.22 bits per heavy atom. The molecule has 3 rings (SSSR count). The van der Waals surface area contributed by atoms with Gasteiger partial charge in [-0.25, -0.2) is 9.59 Å². The minimum absolute atomic E-state index is 0.145. The van der Waals surface area contributed by atoms with Crippen molar-refractivity contribution in [3.8, 4) is 0 Å². The summed E-state index contributed by atoms with van der Waals surface area (Å²) < 4.78 is 5.22. The standard InChI is InChI=1S/C19H29N3O4S/c1-3-13(12-23)21-8-10-22(11-9-21)19(25)20-17-16(18(24)26-4-2)14-6-5-7-15(14)27-17/h13,23H,3-12H2,1-2H3,(H,20,25)/t13-/m0/s1. The number of piperazine rings is 1. The molecule has 0 radical (unpaired) electrons. The lowest BCUT2D eigenvalue weighted by molar-refractivity contribution is 0.0527. The molecule has 1 aromatic heterocycles. The minimum Gasteiger partial charge on any atom is -0.462 e. The third-order valence-corrected chi connectivity index (χ3v) is 6.63. The lowest BCUT2D eigenvalue weighted by Crippen LogP contribution is -2.53. The van der Waals surface area contributed by atoms with Gasteiger partial charge >= 0.3 is 12.0 Å². The second-order valence-corrected chi connectivity index (χ2v) is 8.08. The van der Waals surface area contributed by atoms with Gasteiger partial charge in [0.05, 0.1) is 18.8 Å². The number of carbonyl (C=O) groups is 2. The van der Waals surface area contributed by atoms with Crippen LogP contribution in [0.15, 0.2) is 0 Å². The molecule has 1 saturated heterocycles. The van der Waals surface area contributed by atoms with Crippen molar-refractivity contribution in [1.82, 2.24) is 9.80 Å². The van der Waals surface area contributed by atoms with Crippen LogP contribution in [0, 0.1) is 0 Å². The molecule has 1 aliphatic carbocycles. The first-order chi connectivity index (χ1) is 13.1. The first-order valence-corrected chi connectivity index (χ1v) is 10.6. The highest BCUT2D eigenvalue weighted by Crippen LogP contribution is 2.39. The van der Waals surface area contributed by atoms with Crippen LogP contribution in [0.4, 0.5) is 9.80 Å². The number of hydrogen-bond acceptors (Lipinski definition) is 6. The van der Waals surface area contributed by atoms with Gasteiger partial charge in [-0.1, -0.05) is 6.92 Å². The van der Waals surface area contributed by atoms with Crippen molar-refractivity contribution in [3.05, 3.63) is 16.0 Å². The number of urea groups is 1. The first kappa shape index (κ1) is 20.1. The Balaban J connectivity index is 1.66. The summed E-state index contributed by atoms with van der Waals surface area (Å²) in [7, 11) is 0. The topological polar surface area (TPSA) is 82.1 Å². The fourth-order valence-electron chi connectivity index (χ4n) is 3.88. The molecule has 2 N–H and O–H groups in total. The van der Waals surface area contributed by atoms with Gasteiger partial charge in [0.25, 0.3) is 0 Å². The van der Waals surface area contributed by atoms with E-state index in [1.807, 2.05) is 0 Å². The van der Waals surface area contributed by atoms with Crippen molar-refractivity contribution in [3.63, 3.8) is 0 Å². The maximum absolute atomic E-state index is 12.7. The monoisotopic (exact) mass is 395 g/mol. The molecule has 1 aliphatic heterocycles. The largest absolute Gasteiger partial charge is 0.462 e. The van der Waals surface area contributed by atoms with Gasteiger partial charge in [0, 0.05) is 37.1 Å². The number of aliphatic hydroxyl groups is 1. The van der Waals surface area contributed by atoms with E-state index in [1.54, 1.807) is 11.8 Å². The average molecular weight is 396 g/mol. The van der Waals surface area contributed by atoms with Gasteiger partial charge in [0.1, 0.15) is 5.00 Å². The number of anilines is 1. The maximum atomic E-state index is 12.7. The number of thiophene rings is 1. The molecular weight excluding hydrogens is 366 g/mol. The second kappa shape index (κ2) is 9.03. The maximum Gasteiger partial charge on any atom is 0.341 e. The fraction of sp³-hybridized carbons (Fsp3) is 0.684. The first-order valence-electron chi connectivity index (χ1n) is 9.81. The van der Waals surface area contributed by atoms with Crippen LogP contribution in [0.25, 0.3) is 0 Å². The Labute approximate surface area is 164 Å². The SMILES string of the molecule is CCOC(=O)c1c(NC(=O)N2CCN([C@@H](CC)CO)CC2)sc2c1CCC2. The van der Waals surface area contributed by atoms with Crippen LogP contribution in [0.5, 0.6) is 0 Å². The number of esters is 1. The summed E-state index contributed by atoms with van der Waals surface area (Å²) in [5.74, 6) is -0.342. The molecule has 1 fully saturated rings. The Morgan fingerprint density at radius 3 is 2.59 bits per heavy atom. The summed E-state index contributed by atoms with van der Waals surface area (Å²) in [6, 6.07) is -0.0110. The van der Waals surface area contributed by atoms with Crippen molar-refractivity contribution in [1.29, 1.82) is 0 Å². The summed E-state index contributed by atoms with van der Waals surface area (Å²) in [6.45, 7) is 7.04. The van der Waals surface area contributed by atoms with Crippen LogP contribution in [0.3, 0.4) is 0 Å². The lowest BCUT2D eigenvalue weighted by atomic mass is 10.1. The smallest absolute Gasteiger partial charge is 0.341 e. The highest BCUT2D eigenvalue weighted by molar-refractivity contribution is 7.17. The number of fused-ring (bicyclic) bond motifs is 1. The van der Waals surface area contributed by atoms with Crippen molar-refractivity contribution < 1.29 is 19.4 Å². The van der Waals surface area contributed by atoms with Crippen molar-refractivity contribution >= 4 is 28.3 Å². The summed E-state index contributed by atoms with van der Waals surface area (Å²) in [6.07, 6.45) is 3.77. The van der Waals surface area contributed by atoms with Crippen LogP contribution in [-0.4, -0.2) is 72.3 Å². The molecule has 2 aliphatic rings. The van der Waals surface area contributed by atoms with Gasteiger partial charge in [-0.05, 0) is 38.2 Å². The number of amides is 2. The van der Waals surface area contributed by atoms with E-state index in [1.165, 1.54) is 16.2 Å². The summed E-state index contributed by atoms with van der Waals surface area (Å²) in [5, 5.41) is 13.0. The van der Waals surface area contributed by atoms with Gasteiger partial charge in [-0.2, -0.15) is 0 Å². The Hall–Kier alpha value is -1.64. The van der Waals surface area contributed by atoms with Gasteiger partial charge < -0.3 is 14.7 Å². The van der Waals surface area contributed by atoms with E-state index >= 15 is 0 Å². The number of rotatable bonds is 6. The Morgan fingerprint density at radius 2 is 1.96 bits per heavy atom. The number of aryl methyl sites for hydroxylation is 1. The third kappa shape index (κ3) is 4.28. The molecular formula is C19H29N3O4S. The molecule has 1 atom stereocenters. The predicted molar refractivity (Wildman–Crippen MR) is 106 cm³/mol. The second-order valence-electron chi connectivity index (χ2n) is 6.98. The molecule has 2 amide bonds. The van der Waals surface area contributed by atoms with Crippen molar-refractivity contribution in [2.75, 3.05) is 44.7 Å². The molecule has 0 unspecified atom stereocenters. The highest BCUT2D eigenvalue weighted by Gasteiger charge is 2.30. The molecule has 0 spiro atoms. The molecule has 27 heavy (non-hydrogen) atoms. The van der Waals surface area contributed by atoms with E-state index in [9.17, 15) is 14.7 Å². The quantitative estimate of drug-likeness (QED) is 0.723. The third-order valence-electron chi connectivity index (χ3n) is 5.42. The van der Waals surface area contributed by atoms with Crippen LogP contribution >= 0.6 is 11.3 Å². The van der Waals surface area contributed by atoms with E-state index < -0.39 is 0 Å². The normalized spacial score (nSPS) is 18.3. The number of hydrogen-bond donors (Lipinski definition) is 2. The van der Waals surface area contributed by atoms with Crippen LogP contribution in [-0.2, 0) is 17.6 Å². The van der Waals surface area contributed by atoms with E-state index in [0.717, 1.165) is 44.3 Å². The Kier molecular flexibility index (Phi) is 6.73. The van der Waals surface area contributed by atoms with E-state index in [2.05, 4.69) is 17.1 Å². The zero-order valence-corrected chi connectivity index (χ0v) is 16.9. The predicted octanol–water partition coefficient (Wildman–Crippen LogP) is 2.33. The van der Waals surface area contributed by atoms with Gasteiger partial charge in [-0.3, -0.25) is 10.2 Å². The number of carbonyl (C=O) groups excluding carboxylic acids is 2. The number of ether oxygens (including phenoxy) is 1. The van der Waals surface area contributed by atoms with Crippen LogP contribution < -0.4 is 5.32 Å². The number of aliphatic hydroxyl groups excluding tert-OH is 1. The zero-order valence-electron chi connectivity index (χ0n) is 16.1. The molecule has 8 heteroatoms. The molecule has 7 nitrogen and oxygen atoms in total. The summed E-state index contributed by atoms with van der Waals surface area (Å²) in [4.78, 5) is 30.4. The molecule has 2 heterocycles. The summed E-state index contributed by atoms with van der Waals surface area (Å²) in [5.41, 5.74) is 1.60. The average Bonchev–Trinajstić information content (AvgIpc) is 3.24. The highest BCUT2D eigenvalue weighted by atomic mass is 32.1. The summed E-state index contributed by atoms with van der Waals surface area (Å²) >= 11 is 1.50. The zero-order chi connectivity index (χ0) is 19.4. The van der Waals surface area contributed by atoms with Crippen molar-refractivity contribution in [2.24, 2.45) is 0 Å². The minimum atomic E-state index is -0.342. The molecule has 0 saturated carbocycles. The van der Waals surface area contributed by atoms with Gasteiger partial charge in [0.2, 0.25) is 0 Å². The number of nitrogens with zero attached hydrogens (tertiary/aromatic N) is 2. The Bertz CT molecular complexity index is 679. The van der Waals surface area contributed by atoms with E-state index in [4.69, 9.17) is 4.74 Å². The van der Waals surface area contributed by atoms with Gasteiger partial charge in [-0.15, -0.1) is 11.3 Å². The molecule has 1 aromatic rings. The number of nitrogens with one attached hydrogen (secondary N) is 1. The van der Waals surface area contributed by atoms with Crippen molar-refractivity contribution in [2.45, 2.75) is 45.6 Å². The van der Waals surface area contributed by atoms with Crippen LogP contribution in [0.2, 0.25) is 0 Å². The van der Waals surface area contributed by atoms with Gasteiger partial charge in [0.15, 0.2) is 0 Å². The lowest BCUT2D eigenvalue weighted by Gasteiger charge is -2.38. The molecule has 0 aromatic carbocycles. The molecule has 150 valence electrons. The van der Waals surface area contributed by atoms with Crippen LogP contribution in [0.1, 0.15) is 47.5 Å². The van der Waals surface area contributed by atoms with E-state index in [-0.39, 0.29) is 24.6 Å². The van der Waals surface area contributed by atoms with E-state index in [0.29, 0.717) is 30.3 Å².